The number of carbonyl (C=O) groups is 1. The number of esters is 1. The molecule has 2 aliphatic heterocycles. The third kappa shape index (κ3) is 5.86. The zero-order valence-corrected chi connectivity index (χ0v) is 25.8. The van der Waals surface area contributed by atoms with Crippen LogP contribution in [0.5, 0.6) is 11.5 Å². The lowest BCUT2D eigenvalue weighted by Gasteiger charge is -2.38. The summed E-state index contributed by atoms with van der Waals surface area (Å²) in [6, 6.07) is 13.6. The fourth-order valence-corrected chi connectivity index (χ4v) is 6.84. The van der Waals surface area contributed by atoms with Gasteiger partial charge in [-0.3, -0.25) is 14.6 Å². The van der Waals surface area contributed by atoms with E-state index < -0.39 is 17.5 Å². The van der Waals surface area contributed by atoms with Crippen molar-refractivity contribution in [3.8, 4) is 22.8 Å². The molecule has 9 nitrogen and oxygen atoms in total. The number of aryl methyl sites for hydroxylation is 2. The normalized spacial score (nSPS) is 19.8. The van der Waals surface area contributed by atoms with Crippen molar-refractivity contribution in [3.63, 3.8) is 0 Å². The van der Waals surface area contributed by atoms with Gasteiger partial charge in [0.2, 0.25) is 0 Å². The number of carbonyl (C=O) groups excluding carboxylic acids is 1. The predicted octanol–water partition coefficient (Wildman–Crippen LogP) is 5.78. The molecule has 44 heavy (non-hydrogen) atoms. The van der Waals surface area contributed by atoms with Crippen molar-refractivity contribution in [1.29, 1.82) is 0 Å². The number of aromatic nitrogens is 1. The summed E-state index contributed by atoms with van der Waals surface area (Å²) in [5, 5.41) is 22.2. The highest BCUT2D eigenvalue weighted by Gasteiger charge is 2.38. The number of fused-ring (bicyclic) bond motifs is 1. The molecule has 0 spiro atoms. The van der Waals surface area contributed by atoms with Crippen molar-refractivity contribution >= 4 is 34.2 Å². The molecule has 2 atom stereocenters. The quantitative estimate of drug-likeness (QED) is 0.269. The topological polar surface area (TPSA) is 116 Å². The molecule has 2 N–H and O–H groups in total. The smallest absolute Gasteiger partial charge is 0.309 e. The molecule has 2 saturated heterocycles. The number of phenols is 2. The van der Waals surface area contributed by atoms with Gasteiger partial charge in [-0.1, -0.05) is 23.7 Å². The SMILES string of the molecule is Cc1cc(N2CCC(C(=O)O[C@@H]3CN(C)CC[C@@H]3c3c(O)cc(O)c4c(=O)cc(-c5ccccc5Cl)oc34)CC2)cc(C)n1. The number of rotatable bonds is 5. The standard InChI is InChI=1S/C34H36ClN3O6/c1-19-14-22(15-20(2)36-19)38-12-8-21(9-13-38)34(42)44-30-18-37(3)11-10-24(30)31-26(39)16-27(40)32-28(41)17-29(43-33(31)32)23-6-4-5-7-25(23)35/h4-7,14-17,21,24,30,39-40H,8-13,18H2,1-3H3/t24-,30+/m0/s1. The second-order valence-corrected chi connectivity index (χ2v) is 12.4. The van der Waals surface area contributed by atoms with Crippen molar-refractivity contribution in [1.82, 2.24) is 9.88 Å². The van der Waals surface area contributed by atoms with E-state index >= 15 is 0 Å². The van der Waals surface area contributed by atoms with Gasteiger partial charge in [0.15, 0.2) is 5.43 Å². The first-order valence-electron chi connectivity index (χ1n) is 15.0. The minimum absolute atomic E-state index is 0.0356. The number of anilines is 1. The Hall–Kier alpha value is -4.08. The third-order valence-corrected chi connectivity index (χ3v) is 9.13. The maximum atomic E-state index is 13.6. The van der Waals surface area contributed by atoms with E-state index in [1.54, 1.807) is 24.3 Å². The molecule has 0 radical (unpaired) electrons. The Morgan fingerprint density at radius 2 is 1.70 bits per heavy atom. The summed E-state index contributed by atoms with van der Waals surface area (Å²) in [7, 11) is 1.96. The van der Waals surface area contributed by atoms with Crippen molar-refractivity contribution in [2.24, 2.45) is 5.92 Å². The summed E-state index contributed by atoms with van der Waals surface area (Å²) in [6.07, 6.45) is 1.27. The van der Waals surface area contributed by atoms with E-state index in [9.17, 15) is 19.8 Å². The highest BCUT2D eigenvalue weighted by Crippen LogP contribution is 2.44. The number of aromatic hydroxyl groups is 2. The molecule has 4 aromatic rings. The lowest BCUT2D eigenvalue weighted by atomic mass is 9.85. The Morgan fingerprint density at radius 3 is 2.41 bits per heavy atom. The molecular formula is C34H36ClN3O6. The Bertz CT molecular complexity index is 1760. The first-order valence-corrected chi connectivity index (χ1v) is 15.3. The number of ether oxygens (including phenoxy) is 1. The Morgan fingerprint density at radius 1 is 1.00 bits per heavy atom. The van der Waals surface area contributed by atoms with Crippen LogP contribution in [-0.2, 0) is 9.53 Å². The summed E-state index contributed by atoms with van der Waals surface area (Å²) in [5.41, 5.74) is 3.50. The van der Waals surface area contributed by atoms with Crippen molar-refractivity contribution in [2.75, 3.05) is 38.1 Å². The highest BCUT2D eigenvalue weighted by molar-refractivity contribution is 6.33. The van der Waals surface area contributed by atoms with Gasteiger partial charge in [-0.2, -0.15) is 0 Å². The van der Waals surface area contributed by atoms with Crippen molar-refractivity contribution in [2.45, 2.75) is 45.1 Å². The molecule has 230 valence electrons. The number of piperidine rings is 2. The van der Waals surface area contributed by atoms with Crippen molar-refractivity contribution < 1.29 is 24.2 Å². The molecule has 2 aromatic carbocycles. The van der Waals surface area contributed by atoms with Crippen LogP contribution in [-0.4, -0.2) is 65.4 Å². The molecular weight excluding hydrogens is 582 g/mol. The molecule has 0 aliphatic carbocycles. The van der Waals surface area contributed by atoms with Crippen LogP contribution in [0, 0.1) is 19.8 Å². The lowest BCUT2D eigenvalue weighted by Crippen LogP contribution is -2.45. The van der Waals surface area contributed by atoms with Crippen LogP contribution < -0.4 is 10.3 Å². The fourth-order valence-electron chi connectivity index (χ4n) is 6.61. The second-order valence-electron chi connectivity index (χ2n) is 12.0. The van der Waals surface area contributed by atoms with E-state index in [0.29, 0.717) is 48.5 Å². The van der Waals surface area contributed by atoms with Gasteiger partial charge in [-0.25, -0.2) is 0 Å². The van der Waals surface area contributed by atoms with E-state index in [-0.39, 0.29) is 40.1 Å². The van der Waals surface area contributed by atoms with Crippen LogP contribution >= 0.6 is 11.6 Å². The average Bonchev–Trinajstić information content (AvgIpc) is 2.97. The van der Waals surface area contributed by atoms with Gasteiger partial charge in [-0.05, 0) is 71.0 Å². The number of likely N-dealkylation sites (N-methyl/N-ethyl adjacent to an activating group) is 1. The summed E-state index contributed by atoms with van der Waals surface area (Å²) < 4.78 is 12.5. The highest BCUT2D eigenvalue weighted by atomic mass is 35.5. The number of phenolic OH excluding ortho intramolecular Hbond substituents is 2. The van der Waals surface area contributed by atoms with Gasteiger partial charge in [0.1, 0.15) is 34.3 Å². The van der Waals surface area contributed by atoms with E-state index in [1.807, 2.05) is 20.9 Å². The lowest BCUT2D eigenvalue weighted by molar-refractivity contribution is -0.158. The van der Waals surface area contributed by atoms with Crippen LogP contribution in [0.3, 0.4) is 0 Å². The van der Waals surface area contributed by atoms with E-state index in [4.69, 9.17) is 20.8 Å². The summed E-state index contributed by atoms with van der Waals surface area (Å²) in [4.78, 5) is 35.7. The Kier molecular flexibility index (Phi) is 8.26. The molecule has 2 aromatic heterocycles. The molecule has 4 heterocycles. The zero-order valence-electron chi connectivity index (χ0n) is 25.0. The minimum atomic E-state index is -0.599. The molecule has 10 heteroatoms. The van der Waals surface area contributed by atoms with Crippen molar-refractivity contribution in [3.05, 3.63) is 80.7 Å². The number of hydrogen-bond donors (Lipinski definition) is 2. The van der Waals surface area contributed by atoms with Crippen LogP contribution in [0.1, 0.15) is 42.1 Å². The largest absolute Gasteiger partial charge is 0.507 e. The summed E-state index contributed by atoms with van der Waals surface area (Å²) in [5.74, 6) is -1.37. The molecule has 0 unspecified atom stereocenters. The Labute approximate surface area is 260 Å². The number of nitrogens with zero attached hydrogens (tertiary/aromatic N) is 3. The fraction of sp³-hybridized carbons (Fsp3) is 0.382. The number of hydrogen-bond acceptors (Lipinski definition) is 9. The number of benzene rings is 2. The maximum absolute atomic E-state index is 13.6. The van der Waals surface area contributed by atoms with Crippen LogP contribution in [0.4, 0.5) is 5.69 Å². The number of likely N-dealkylation sites (tertiary alicyclic amines) is 1. The average molecular weight is 618 g/mol. The van der Waals surface area contributed by atoms with Crippen LogP contribution in [0.25, 0.3) is 22.3 Å². The van der Waals surface area contributed by atoms with Gasteiger partial charge in [0.05, 0.1) is 10.9 Å². The van der Waals surface area contributed by atoms with Gasteiger partial charge >= 0.3 is 5.97 Å². The van der Waals surface area contributed by atoms with E-state index in [0.717, 1.165) is 30.2 Å². The second kappa shape index (κ2) is 12.1. The molecule has 0 bridgehead atoms. The molecule has 2 aliphatic rings. The zero-order chi connectivity index (χ0) is 31.1. The molecule has 0 saturated carbocycles. The first kappa shape index (κ1) is 30.0. The third-order valence-electron chi connectivity index (χ3n) is 8.80. The monoisotopic (exact) mass is 617 g/mol. The minimum Gasteiger partial charge on any atom is -0.507 e. The predicted molar refractivity (Wildman–Crippen MR) is 170 cm³/mol. The van der Waals surface area contributed by atoms with Gasteiger partial charge in [0, 0.05) is 65.9 Å². The molecule has 2 fully saturated rings. The van der Waals surface area contributed by atoms with Crippen LogP contribution in [0.2, 0.25) is 5.02 Å². The number of halogens is 1. The van der Waals surface area contributed by atoms with Crippen LogP contribution in [0.15, 0.2) is 57.7 Å². The van der Waals surface area contributed by atoms with Gasteiger partial charge < -0.3 is 29.2 Å². The van der Waals surface area contributed by atoms with Gasteiger partial charge in [0.25, 0.3) is 0 Å². The first-order chi connectivity index (χ1) is 21.1. The number of pyridine rings is 1. The maximum Gasteiger partial charge on any atom is 0.309 e. The Balaban J connectivity index is 1.29. The van der Waals surface area contributed by atoms with E-state index in [2.05, 4.69) is 26.9 Å². The molecule has 6 rings (SSSR count). The van der Waals surface area contributed by atoms with E-state index in [1.165, 1.54) is 12.1 Å². The summed E-state index contributed by atoms with van der Waals surface area (Å²) in [6.45, 7) is 6.55. The summed E-state index contributed by atoms with van der Waals surface area (Å²) >= 11 is 6.41. The molecule has 0 amide bonds. The van der Waals surface area contributed by atoms with Gasteiger partial charge in [-0.15, -0.1) is 0 Å².